The van der Waals surface area contributed by atoms with Gasteiger partial charge in [-0.05, 0) is 69.9 Å². The van der Waals surface area contributed by atoms with Crippen molar-refractivity contribution < 1.29 is 18.0 Å². The number of benzene rings is 2. The van der Waals surface area contributed by atoms with E-state index in [4.69, 9.17) is 0 Å². The lowest BCUT2D eigenvalue weighted by molar-refractivity contribution is -0.139. The number of nitrogens with zero attached hydrogens (tertiary/aromatic N) is 2. The lowest BCUT2D eigenvalue weighted by Crippen LogP contribution is -2.52. The molecule has 0 aliphatic rings. The van der Waals surface area contributed by atoms with E-state index in [-0.39, 0.29) is 18.5 Å². The Morgan fingerprint density at radius 1 is 0.971 bits per heavy atom. The third-order valence-corrected chi connectivity index (χ3v) is 6.92. The summed E-state index contributed by atoms with van der Waals surface area (Å²) in [5.74, 6) is -0.717. The maximum Gasteiger partial charge on any atom is 0.244 e. The Morgan fingerprint density at radius 2 is 1.59 bits per heavy atom. The average Bonchev–Trinajstić information content (AvgIpc) is 2.73. The Morgan fingerprint density at radius 3 is 2.12 bits per heavy atom. The largest absolute Gasteiger partial charge is 0.352 e. The summed E-state index contributed by atoms with van der Waals surface area (Å²) < 4.78 is 26.5. The lowest BCUT2D eigenvalue weighted by atomic mass is 10.1. The number of carbonyl (C=O) groups is 2. The zero-order valence-corrected chi connectivity index (χ0v) is 22.1. The van der Waals surface area contributed by atoms with E-state index in [2.05, 4.69) is 5.32 Å². The molecule has 0 saturated carbocycles. The van der Waals surface area contributed by atoms with Crippen LogP contribution in [0.2, 0.25) is 0 Å². The van der Waals surface area contributed by atoms with Gasteiger partial charge in [0.1, 0.15) is 12.6 Å². The summed E-state index contributed by atoms with van der Waals surface area (Å²) in [4.78, 5) is 27.9. The number of sulfonamides is 1. The van der Waals surface area contributed by atoms with E-state index in [1.807, 2.05) is 65.0 Å². The molecule has 2 aromatic carbocycles. The highest BCUT2D eigenvalue weighted by Gasteiger charge is 2.30. The molecule has 0 saturated heterocycles. The number of hydrogen-bond donors (Lipinski definition) is 1. The topological polar surface area (TPSA) is 86.8 Å². The van der Waals surface area contributed by atoms with Crippen LogP contribution in [-0.4, -0.2) is 50.0 Å². The fourth-order valence-corrected chi connectivity index (χ4v) is 4.60. The maximum atomic E-state index is 13.6. The van der Waals surface area contributed by atoms with Crippen LogP contribution in [0, 0.1) is 20.8 Å². The fraction of sp³-hybridized carbons (Fsp3) is 0.462. The molecule has 186 valence electrons. The van der Waals surface area contributed by atoms with E-state index in [0.717, 1.165) is 39.2 Å². The van der Waals surface area contributed by atoms with Gasteiger partial charge >= 0.3 is 0 Å². The number of anilines is 1. The second-order valence-corrected chi connectivity index (χ2v) is 11.0. The number of carbonyl (C=O) groups excluding carboxylic acids is 2. The van der Waals surface area contributed by atoms with Gasteiger partial charge in [-0.2, -0.15) is 0 Å². The van der Waals surface area contributed by atoms with E-state index >= 15 is 0 Å². The molecule has 0 aromatic heterocycles. The molecule has 0 aliphatic carbocycles. The standard InChI is InChI=1S/C26H37N3O4S/c1-8-21(5)27-26(31)22(6)28(16-23-11-9-10-18(2)13-23)25(30)17-29(34(7,32)33)24-14-19(3)12-20(4)15-24/h9-15,21-22H,8,16-17H2,1-7H3,(H,27,31)/t21-,22+/m1/s1. The summed E-state index contributed by atoms with van der Waals surface area (Å²) in [6, 6.07) is 12.3. The van der Waals surface area contributed by atoms with Crippen LogP contribution in [0.15, 0.2) is 42.5 Å². The third kappa shape index (κ3) is 7.58. The van der Waals surface area contributed by atoms with Gasteiger partial charge in [0.05, 0.1) is 11.9 Å². The molecule has 8 heteroatoms. The molecule has 2 amide bonds. The molecular formula is C26H37N3O4S. The first-order valence-electron chi connectivity index (χ1n) is 11.5. The zero-order valence-electron chi connectivity index (χ0n) is 21.3. The zero-order chi connectivity index (χ0) is 25.6. The molecule has 0 fully saturated rings. The minimum atomic E-state index is -3.74. The molecule has 2 rings (SSSR count). The second kappa shape index (κ2) is 11.5. The molecule has 0 radical (unpaired) electrons. The average molecular weight is 488 g/mol. The van der Waals surface area contributed by atoms with Gasteiger partial charge in [0.2, 0.25) is 21.8 Å². The Labute approximate surface area is 204 Å². The number of rotatable bonds is 10. The van der Waals surface area contributed by atoms with Crippen LogP contribution in [-0.2, 0) is 26.2 Å². The van der Waals surface area contributed by atoms with Crippen LogP contribution >= 0.6 is 0 Å². The number of hydrogen-bond acceptors (Lipinski definition) is 4. The van der Waals surface area contributed by atoms with Crippen molar-refractivity contribution in [3.63, 3.8) is 0 Å². The molecule has 0 spiro atoms. The van der Waals surface area contributed by atoms with E-state index < -0.39 is 28.5 Å². The number of aryl methyl sites for hydroxylation is 3. The van der Waals surface area contributed by atoms with Gasteiger partial charge in [-0.25, -0.2) is 8.42 Å². The first kappa shape index (κ1) is 27.4. The predicted molar refractivity (Wildman–Crippen MR) is 137 cm³/mol. The quantitative estimate of drug-likeness (QED) is 0.554. The van der Waals surface area contributed by atoms with Crippen molar-refractivity contribution in [1.82, 2.24) is 10.2 Å². The lowest BCUT2D eigenvalue weighted by Gasteiger charge is -2.32. The summed E-state index contributed by atoms with van der Waals surface area (Å²) >= 11 is 0. The van der Waals surface area contributed by atoms with Crippen molar-refractivity contribution in [2.45, 2.75) is 66.6 Å². The van der Waals surface area contributed by atoms with Crippen molar-refractivity contribution in [2.24, 2.45) is 0 Å². The summed E-state index contributed by atoms with van der Waals surface area (Å²) in [6.45, 7) is 11.1. The van der Waals surface area contributed by atoms with Crippen LogP contribution in [0.25, 0.3) is 0 Å². The van der Waals surface area contributed by atoms with Crippen LogP contribution in [0.5, 0.6) is 0 Å². The monoisotopic (exact) mass is 487 g/mol. The van der Waals surface area contributed by atoms with Crippen molar-refractivity contribution in [3.05, 3.63) is 64.7 Å². The van der Waals surface area contributed by atoms with E-state index in [1.165, 1.54) is 4.90 Å². The van der Waals surface area contributed by atoms with E-state index in [0.29, 0.717) is 5.69 Å². The Balaban J connectivity index is 2.42. The van der Waals surface area contributed by atoms with E-state index in [9.17, 15) is 18.0 Å². The fourth-order valence-electron chi connectivity index (χ4n) is 3.76. The summed E-state index contributed by atoms with van der Waals surface area (Å²) in [5.41, 5.74) is 4.13. The highest BCUT2D eigenvalue weighted by Crippen LogP contribution is 2.22. The Kier molecular flexibility index (Phi) is 9.27. The molecule has 0 heterocycles. The Bertz CT molecular complexity index is 1110. The molecule has 7 nitrogen and oxygen atoms in total. The van der Waals surface area contributed by atoms with Crippen LogP contribution in [0.4, 0.5) is 5.69 Å². The third-order valence-electron chi connectivity index (χ3n) is 5.78. The smallest absolute Gasteiger partial charge is 0.244 e. The summed E-state index contributed by atoms with van der Waals surface area (Å²) in [7, 11) is -3.74. The highest BCUT2D eigenvalue weighted by molar-refractivity contribution is 7.92. The van der Waals surface area contributed by atoms with Gasteiger partial charge in [0.25, 0.3) is 0 Å². The first-order chi connectivity index (χ1) is 15.8. The van der Waals surface area contributed by atoms with Gasteiger partial charge in [0.15, 0.2) is 0 Å². The molecule has 34 heavy (non-hydrogen) atoms. The van der Waals surface area contributed by atoms with Crippen LogP contribution < -0.4 is 9.62 Å². The molecule has 0 unspecified atom stereocenters. The van der Waals surface area contributed by atoms with Crippen molar-refractivity contribution in [1.29, 1.82) is 0 Å². The van der Waals surface area contributed by atoms with Crippen molar-refractivity contribution in [3.8, 4) is 0 Å². The normalized spacial score (nSPS) is 13.1. The van der Waals surface area contributed by atoms with Crippen LogP contribution in [0.3, 0.4) is 0 Å². The van der Waals surface area contributed by atoms with Gasteiger partial charge < -0.3 is 10.2 Å². The van der Waals surface area contributed by atoms with Gasteiger partial charge in [-0.15, -0.1) is 0 Å². The van der Waals surface area contributed by atoms with Gasteiger partial charge in [-0.3, -0.25) is 13.9 Å². The number of amides is 2. The molecule has 1 N–H and O–H groups in total. The molecular weight excluding hydrogens is 450 g/mol. The number of nitrogens with one attached hydrogen (secondary N) is 1. The molecule has 2 atom stereocenters. The Hall–Kier alpha value is -2.87. The molecule has 0 aliphatic heterocycles. The minimum absolute atomic E-state index is 0.0336. The maximum absolute atomic E-state index is 13.6. The van der Waals surface area contributed by atoms with Crippen molar-refractivity contribution >= 4 is 27.5 Å². The van der Waals surface area contributed by atoms with Crippen LogP contribution in [0.1, 0.15) is 49.4 Å². The van der Waals surface area contributed by atoms with Crippen molar-refractivity contribution in [2.75, 3.05) is 17.1 Å². The second-order valence-electron chi connectivity index (χ2n) is 9.12. The summed E-state index contributed by atoms with van der Waals surface area (Å²) in [5, 5.41) is 2.93. The van der Waals surface area contributed by atoms with Gasteiger partial charge in [-0.1, -0.05) is 42.8 Å². The SMILES string of the molecule is CC[C@@H](C)NC(=O)[C@H](C)N(Cc1cccc(C)c1)C(=O)CN(c1cc(C)cc(C)c1)S(C)(=O)=O. The minimum Gasteiger partial charge on any atom is -0.352 e. The predicted octanol–water partition coefficient (Wildman–Crippen LogP) is 3.71. The highest BCUT2D eigenvalue weighted by atomic mass is 32.2. The van der Waals surface area contributed by atoms with E-state index in [1.54, 1.807) is 19.1 Å². The summed E-state index contributed by atoms with van der Waals surface area (Å²) in [6.07, 6.45) is 1.85. The first-order valence-corrected chi connectivity index (χ1v) is 13.4. The molecule has 0 bridgehead atoms. The molecule has 2 aromatic rings. The van der Waals surface area contributed by atoms with Gasteiger partial charge in [0, 0.05) is 12.6 Å².